The molecule has 1 aromatic carbocycles. The van der Waals surface area contributed by atoms with Gasteiger partial charge in [0.15, 0.2) is 15.8 Å². The lowest BCUT2D eigenvalue weighted by molar-refractivity contribution is 0.493. The van der Waals surface area contributed by atoms with E-state index in [9.17, 15) is 8.42 Å². The number of hydrogen-bond donors (Lipinski definition) is 2. The summed E-state index contributed by atoms with van der Waals surface area (Å²) in [5, 5.41) is 3.21. The molecule has 1 atom stereocenters. The average Bonchev–Trinajstić information content (AvgIpc) is 2.43. The fourth-order valence-electron chi connectivity index (χ4n) is 2.60. The Morgan fingerprint density at radius 1 is 1.25 bits per heavy atom. The Bertz CT molecular complexity index is 667. The van der Waals surface area contributed by atoms with E-state index in [0.29, 0.717) is 23.4 Å². The van der Waals surface area contributed by atoms with Crippen molar-refractivity contribution in [3.63, 3.8) is 0 Å². The highest BCUT2D eigenvalue weighted by molar-refractivity contribution is 7.90. The molecule has 0 heterocycles. The van der Waals surface area contributed by atoms with Gasteiger partial charge in [0.2, 0.25) is 0 Å². The Morgan fingerprint density at radius 2 is 1.92 bits per heavy atom. The van der Waals surface area contributed by atoms with Gasteiger partial charge in [0.1, 0.15) is 0 Å². The Balaban J connectivity index is 2.57. The van der Waals surface area contributed by atoms with E-state index in [-0.39, 0.29) is 0 Å². The molecule has 0 aliphatic heterocycles. The summed E-state index contributed by atoms with van der Waals surface area (Å²) in [6.45, 7) is 8.79. The molecule has 6 heteroatoms. The lowest BCUT2D eigenvalue weighted by atomic mass is 10.0. The van der Waals surface area contributed by atoms with Gasteiger partial charge in [-0.25, -0.2) is 13.4 Å². The fourth-order valence-corrected chi connectivity index (χ4v) is 3.56. The summed E-state index contributed by atoms with van der Waals surface area (Å²) in [4.78, 5) is 4.71. The van der Waals surface area contributed by atoms with Crippen molar-refractivity contribution in [2.45, 2.75) is 64.4 Å². The summed E-state index contributed by atoms with van der Waals surface area (Å²) in [6.07, 6.45) is 4.67. The van der Waals surface area contributed by atoms with Crippen molar-refractivity contribution in [1.82, 2.24) is 5.32 Å². The number of aryl methyl sites for hydroxylation is 1. The molecule has 136 valence electrons. The van der Waals surface area contributed by atoms with Crippen LogP contribution in [0.4, 0.5) is 0 Å². The average molecular weight is 354 g/mol. The monoisotopic (exact) mass is 353 g/mol. The Labute approximate surface area is 146 Å². The Morgan fingerprint density at radius 3 is 2.46 bits per heavy atom. The number of nitrogens with one attached hydrogen (secondary N) is 1. The first-order valence-corrected chi connectivity index (χ1v) is 10.3. The molecule has 0 aromatic heterocycles. The van der Waals surface area contributed by atoms with E-state index in [1.54, 1.807) is 19.1 Å². The molecule has 1 aromatic rings. The highest BCUT2D eigenvalue weighted by Crippen LogP contribution is 2.17. The van der Waals surface area contributed by atoms with Crippen LogP contribution >= 0.6 is 0 Å². The minimum absolute atomic E-state index is 0.293. The van der Waals surface area contributed by atoms with E-state index in [0.717, 1.165) is 23.5 Å². The van der Waals surface area contributed by atoms with Gasteiger partial charge >= 0.3 is 0 Å². The third-order valence-electron chi connectivity index (χ3n) is 3.88. The fraction of sp³-hybridized carbons (Fsp3) is 0.611. The molecule has 0 fully saturated rings. The number of sulfone groups is 1. The van der Waals surface area contributed by atoms with Crippen molar-refractivity contribution in [2.75, 3.05) is 6.26 Å². The predicted octanol–water partition coefficient (Wildman–Crippen LogP) is 3.02. The molecule has 0 spiro atoms. The molecule has 0 saturated heterocycles. The normalized spacial score (nSPS) is 14.0. The van der Waals surface area contributed by atoms with Crippen LogP contribution in [0.1, 0.15) is 51.2 Å². The van der Waals surface area contributed by atoms with Crippen molar-refractivity contribution in [1.29, 1.82) is 0 Å². The maximum atomic E-state index is 11.6. The highest BCUT2D eigenvalue weighted by Gasteiger charge is 2.10. The van der Waals surface area contributed by atoms with Crippen LogP contribution in [0, 0.1) is 12.8 Å². The largest absolute Gasteiger partial charge is 0.370 e. The molecular weight excluding hydrogens is 322 g/mol. The van der Waals surface area contributed by atoms with E-state index in [1.807, 2.05) is 6.07 Å². The lowest BCUT2D eigenvalue weighted by Gasteiger charge is -2.15. The molecule has 0 amide bonds. The zero-order valence-corrected chi connectivity index (χ0v) is 16.3. The maximum absolute atomic E-state index is 11.6. The summed E-state index contributed by atoms with van der Waals surface area (Å²) in [6, 6.07) is 5.56. The number of nitrogens with zero attached hydrogens (tertiary/aromatic N) is 1. The number of rotatable bonds is 8. The summed E-state index contributed by atoms with van der Waals surface area (Å²) in [5.41, 5.74) is 7.61. The molecule has 5 nitrogen and oxygen atoms in total. The van der Waals surface area contributed by atoms with Crippen molar-refractivity contribution < 1.29 is 8.42 Å². The van der Waals surface area contributed by atoms with Gasteiger partial charge in [0.25, 0.3) is 0 Å². The quantitative estimate of drug-likeness (QED) is 0.556. The second-order valence-electron chi connectivity index (χ2n) is 6.94. The summed E-state index contributed by atoms with van der Waals surface area (Å²) < 4.78 is 23.2. The van der Waals surface area contributed by atoms with Gasteiger partial charge in [-0.2, -0.15) is 0 Å². The highest BCUT2D eigenvalue weighted by atomic mass is 32.2. The van der Waals surface area contributed by atoms with Gasteiger partial charge < -0.3 is 11.1 Å². The molecule has 0 bridgehead atoms. The zero-order chi connectivity index (χ0) is 18.3. The van der Waals surface area contributed by atoms with E-state index in [4.69, 9.17) is 5.73 Å². The van der Waals surface area contributed by atoms with Crippen LogP contribution in [0.5, 0.6) is 0 Å². The van der Waals surface area contributed by atoms with Crippen LogP contribution in [0.25, 0.3) is 0 Å². The van der Waals surface area contributed by atoms with E-state index in [2.05, 4.69) is 31.1 Å². The number of benzene rings is 1. The van der Waals surface area contributed by atoms with Crippen LogP contribution in [0.3, 0.4) is 0 Å². The van der Waals surface area contributed by atoms with Gasteiger partial charge in [-0.05, 0) is 43.4 Å². The van der Waals surface area contributed by atoms with Crippen LogP contribution in [0.2, 0.25) is 0 Å². The minimum atomic E-state index is -3.19. The number of hydrogen-bond acceptors (Lipinski definition) is 3. The number of aliphatic imine (C=N–C) groups is 1. The second-order valence-corrected chi connectivity index (χ2v) is 8.93. The lowest BCUT2D eigenvalue weighted by Crippen LogP contribution is -2.38. The molecule has 0 radical (unpaired) electrons. The summed E-state index contributed by atoms with van der Waals surface area (Å²) in [7, 11) is -3.19. The van der Waals surface area contributed by atoms with Crippen LogP contribution in [-0.2, 0) is 16.4 Å². The number of nitrogens with two attached hydrogens (primary N) is 1. The van der Waals surface area contributed by atoms with Crippen LogP contribution in [-0.4, -0.2) is 26.7 Å². The molecule has 0 aliphatic carbocycles. The van der Waals surface area contributed by atoms with Gasteiger partial charge in [0.05, 0.1) is 11.4 Å². The topological polar surface area (TPSA) is 84.5 Å². The summed E-state index contributed by atoms with van der Waals surface area (Å²) in [5.74, 6) is 1.15. The van der Waals surface area contributed by atoms with Crippen molar-refractivity contribution in [3.8, 4) is 0 Å². The van der Waals surface area contributed by atoms with Gasteiger partial charge in [-0.3, -0.25) is 0 Å². The molecule has 0 aliphatic rings. The van der Waals surface area contributed by atoms with Crippen molar-refractivity contribution in [2.24, 2.45) is 16.6 Å². The minimum Gasteiger partial charge on any atom is -0.370 e. The molecule has 0 saturated carbocycles. The molecular formula is C18H31N3O2S. The van der Waals surface area contributed by atoms with E-state index < -0.39 is 9.84 Å². The van der Waals surface area contributed by atoms with Crippen molar-refractivity contribution in [3.05, 3.63) is 29.3 Å². The van der Waals surface area contributed by atoms with Gasteiger partial charge in [-0.1, -0.05) is 38.8 Å². The molecule has 1 unspecified atom stereocenters. The first-order valence-electron chi connectivity index (χ1n) is 8.45. The SMILES string of the molecule is Cc1cc(CN=C(N)NC(C)CCCC(C)C)ccc1S(C)(=O)=O. The van der Waals surface area contributed by atoms with E-state index >= 15 is 0 Å². The standard InChI is InChI=1S/C18H31N3O2S/c1-13(2)7-6-8-15(4)21-18(19)20-12-16-9-10-17(14(3)11-16)24(5,22)23/h9-11,13,15H,6-8,12H2,1-5H3,(H3,19,20,21). The van der Waals surface area contributed by atoms with Crippen LogP contribution < -0.4 is 11.1 Å². The Kier molecular flexibility index (Phi) is 7.73. The first-order chi connectivity index (χ1) is 11.1. The zero-order valence-electron chi connectivity index (χ0n) is 15.5. The summed E-state index contributed by atoms with van der Waals surface area (Å²) >= 11 is 0. The van der Waals surface area contributed by atoms with Crippen molar-refractivity contribution >= 4 is 15.8 Å². The van der Waals surface area contributed by atoms with Gasteiger partial charge in [0, 0.05) is 12.3 Å². The van der Waals surface area contributed by atoms with E-state index in [1.165, 1.54) is 19.1 Å². The second kappa shape index (κ2) is 9.06. The third kappa shape index (κ3) is 7.34. The molecule has 24 heavy (non-hydrogen) atoms. The van der Waals surface area contributed by atoms with Gasteiger partial charge in [-0.15, -0.1) is 0 Å². The molecule has 3 N–H and O–H groups in total. The molecule has 1 rings (SSSR count). The third-order valence-corrected chi connectivity index (χ3v) is 5.14. The number of guanidine groups is 1. The first kappa shape index (κ1) is 20.5. The smallest absolute Gasteiger partial charge is 0.189 e. The van der Waals surface area contributed by atoms with Crippen LogP contribution in [0.15, 0.2) is 28.1 Å². The Hall–Kier alpha value is -1.56. The maximum Gasteiger partial charge on any atom is 0.189 e. The predicted molar refractivity (Wildman–Crippen MR) is 101 cm³/mol.